The van der Waals surface area contributed by atoms with Crippen LogP contribution in [0.2, 0.25) is 5.02 Å². The van der Waals surface area contributed by atoms with E-state index in [9.17, 15) is 36.2 Å². The molecule has 12 heteroatoms. The highest BCUT2D eigenvalue weighted by atomic mass is 35.5. The molecule has 2 aromatic carbocycles. The molecule has 4 rings (SSSR count). The molecule has 2 aromatic rings. The van der Waals surface area contributed by atoms with Gasteiger partial charge in [-0.2, -0.15) is 31.4 Å². The van der Waals surface area contributed by atoms with Crippen LogP contribution in [0.25, 0.3) is 5.57 Å². The second-order valence-electron chi connectivity index (χ2n) is 9.46. The zero-order chi connectivity index (χ0) is 28.6. The van der Waals surface area contributed by atoms with Crippen LogP contribution in [0.4, 0.5) is 32.0 Å². The lowest BCUT2D eigenvalue weighted by molar-refractivity contribution is -0.338. The summed E-state index contributed by atoms with van der Waals surface area (Å²) in [6.45, 7) is 2.83. The molecule has 0 radical (unpaired) electrons. The Morgan fingerprint density at radius 1 is 1.08 bits per heavy atom. The SMILES string of the molecule is CCCC(=O)N1CC=C(c2cccc(C3CC(C(O)(C(F)(F)F)C(F)(F)F)=NN3c3ccccc3Cl)c2)CC1. The Bertz CT molecular complexity index is 1280. The molecule has 1 unspecified atom stereocenters. The number of alkyl halides is 6. The van der Waals surface area contributed by atoms with E-state index in [1.165, 1.54) is 18.2 Å². The van der Waals surface area contributed by atoms with Crippen molar-refractivity contribution in [2.75, 3.05) is 18.1 Å². The van der Waals surface area contributed by atoms with Crippen molar-refractivity contribution in [2.45, 2.75) is 56.6 Å². The summed E-state index contributed by atoms with van der Waals surface area (Å²) in [5, 5.41) is 14.8. The summed E-state index contributed by atoms with van der Waals surface area (Å²) in [5.41, 5.74) is -4.49. The average molecular weight is 574 g/mol. The van der Waals surface area contributed by atoms with Crippen LogP contribution in [-0.2, 0) is 4.79 Å². The average Bonchev–Trinajstić information content (AvgIpc) is 3.33. The maximum atomic E-state index is 13.7. The topological polar surface area (TPSA) is 56.1 Å². The van der Waals surface area contributed by atoms with Crippen LogP contribution in [0, 0.1) is 0 Å². The Morgan fingerprint density at radius 2 is 1.77 bits per heavy atom. The molecule has 0 aliphatic carbocycles. The number of benzene rings is 2. The number of carbonyl (C=O) groups excluding carboxylic acids is 1. The lowest BCUT2D eigenvalue weighted by Gasteiger charge is -2.32. The maximum absolute atomic E-state index is 13.7. The van der Waals surface area contributed by atoms with E-state index in [2.05, 4.69) is 5.10 Å². The van der Waals surface area contributed by atoms with Crippen LogP contribution in [0.15, 0.2) is 59.7 Å². The van der Waals surface area contributed by atoms with Gasteiger partial charge in [0, 0.05) is 25.9 Å². The third-order valence-corrected chi connectivity index (χ3v) is 7.24. The van der Waals surface area contributed by atoms with Crippen molar-refractivity contribution < 1.29 is 36.2 Å². The number of hydrazone groups is 1. The molecule has 2 heterocycles. The van der Waals surface area contributed by atoms with Crippen molar-refractivity contribution in [2.24, 2.45) is 5.10 Å². The molecule has 0 bridgehead atoms. The summed E-state index contributed by atoms with van der Waals surface area (Å²) in [5.74, 6) is 0.0504. The van der Waals surface area contributed by atoms with Crippen molar-refractivity contribution in [3.63, 3.8) is 0 Å². The Labute approximate surface area is 226 Å². The first-order valence-corrected chi connectivity index (χ1v) is 12.7. The molecule has 0 saturated heterocycles. The number of hydrogen-bond acceptors (Lipinski definition) is 4. The minimum atomic E-state index is -6.05. The Kier molecular flexibility index (Phi) is 8.05. The molecule has 0 saturated carbocycles. The van der Waals surface area contributed by atoms with E-state index in [4.69, 9.17) is 11.6 Å². The highest BCUT2D eigenvalue weighted by molar-refractivity contribution is 6.33. The second-order valence-corrected chi connectivity index (χ2v) is 9.87. The summed E-state index contributed by atoms with van der Waals surface area (Å²) in [4.78, 5) is 13.9. The molecule has 1 amide bonds. The van der Waals surface area contributed by atoms with Gasteiger partial charge in [-0.3, -0.25) is 9.80 Å². The van der Waals surface area contributed by atoms with Gasteiger partial charge in [-0.15, -0.1) is 0 Å². The lowest BCUT2D eigenvalue weighted by atomic mass is 9.88. The molecule has 1 atom stereocenters. The lowest BCUT2D eigenvalue weighted by Crippen LogP contribution is -2.62. The monoisotopic (exact) mass is 573 g/mol. The number of aliphatic hydroxyl groups is 1. The number of amides is 1. The summed E-state index contributed by atoms with van der Waals surface area (Å²) >= 11 is 6.25. The molecule has 0 fully saturated rings. The summed E-state index contributed by atoms with van der Waals surface area (Å²) in [6, 6.07) is 11.6. The van der Waals surface area contributed by atoms with Crippen LogP contribution in [0.3, 0.4) is 0 Å². The first kappa shape index (κ1) is 28.9. The summed E-state index contributed by atoms with van der Waals surface area (Å²) in [6.07, 6.45) is -9.33. The van der Waals surface area contributed by atoms with Gasteiger partial charge in [-0.1, -0.05) is 54.9 Å². The quantitative estimate of drug-likeness (QED) is 0.382. The number of para-hydroxylation sites is 1. The normalized spacial score (nSPS) is 18.7. The van der Waals surface area contributed by atoms with Crippen LogP contribution < -0.4 is 5.01 Å². The van der Waals surface area contributed by atoms with E-state index in [0.29, 0.717) is 31.5 Å². The van der Waals surface area contributed by atoms with E-state index in [1.54, 1.807) is 35.2 Å². The fraction of sp³-hybridized carbons (Fsp3) is 0.407. The smallest absolute Gasteiger partial charge is 0.369 e. The van der Waals surface area contributed by atoms with Gasteiger partial charge in [-0.25, -0.2) is 0 Å². The third-order valence-electron chi connectivity index (χ3n) is 6.92. The van der Waals surface area contributed by atoms with E-state index < -0.39 is 36.1 Å². The second kappa shape index (κ2) is 10.8. The molecule has 2 aliphatic heterocycles. The number of hydrogen-bond donors (Lipinski definition) is 1. The largest absolute Gasteiger partial charge is 0.431 e. The predicted molar refractivity (Wildman–Crippen MR) is 136 cm³/mol. The van der Waals surface area contributed by atoms with Gasteiger partial charge < -0.3 is 10.0 Å². The van der Waals surface area contributed by atoms with Gasteiger partial charge in [0.1, 0.15) is 0 Å². The molecule has 0 aromatic heterocycles. The van der Waals surface area contributed by atoms with Crippen molar-refractivity contribution in [1.82, 2.24) is 4.90 Å². The fourth-order valence-electron chi connectivity index (χ4n) is 4.81. The van der Waals surface area contributed by atoms with Gasteiger partial charge in [0.25, 0.3) is 5.60 Å². The highest BCUT2D eigenvalue weighted by Crippen LogP contribution is 2.49. The summed E-state index contributed by atoms with van der Waals surface area (Å²) < 4.78 is 82.2. The molecular weight excluding hydrogens is 548 g/mol. The maximum Gasteiger partial charge on any atom is 0.431 e. The molecular formula is C27H26ClF6N3O2. The number of rotatable bonds is 6. The van der Waals surface area contributed by atoms with E-state index >= 15 is 0 Å². The van der Waals surface area contributed by atoms with Gasteiger partial charge in [0.05, 0.1) is 22.5 Å². The molecule has 210 valence electrons. The Balaban J connectivity index is 1.72. The molecule has 1 N–H and O–H groups in total. The van der Waals surface area contributed by atoms with Crippen LogP contribution in [0.1, 0.15) is 49.8 Å². The molecule has 0 spiro atoms. The van der Waals surface area contributed by atoms with E-state index in [0.717, 1.165) is 22.6 Å². The molecule has 5 nitrogen and oxygen atoms in total. The van der Waals surface area contributed by atoms with Crippen molar-refractivity contribution in [3.05, 3.63) is 70.8 Å². The van der Waals surface area contributed by atoms with Crippen molar-refractivity contribution in [1.29, 1.82) is 0 Å². The zero-order valence-electron chi connectivity index (χ0n) is 20.9. The van der Waals surface area contributed by atoms with Gasteiger partial charge in [-0.05, 0) is 47.7 Å². The number of nitrogens with zero attached hydrogens (tertiary/aromatic N) is 3. The minimum Gasteiger partial charge on any atom is -0.369 e. The zero-order valence-corrected chi connectivity index (χ0v) is 21.6. The number of anilines is 1. The Morgan fingerprint density at radius 3 is 2.36 bits per heavy atom. The standard InChI is InChI=1S/C27H26ClF6N3O2/c1-2-6-24(38)36-13-11-17(12-14-36)18-7-5-8-19(15-18)22-16-23(25(39,26(29,30)31)27(32,33)34)35-37(22)21-10-4-3-9-20(21)28/h3-5,7-11,15,22,39H,2,6,12-14,16H2,1H3. The van der Waals surface area contributed by atoms with Gasteiger partial charge >= 0.3 is 12.4 Å². The predicted octanol–water partition coefficient (Wildman–Crippen LogP) is 6.92. The molecule has 2 aliphatic rings. The number of halogens is 7. The van der Waals surface area contributed by atoms with E-state index in [-0.39, 0.29) is 16.6 Å². The first-order chi connectivity index (χ1) is 18.3. The van der Waals surface area contributed by atoms with Crippen molar-refractivity contribution in [3.8, 4) is 0 Å². The van der Waals surface area contributed by atoms with Crippen LogP contribution in [0.5, 0.6) is 0 Å². The first-order valence-electron chi connectivity index (χ1n) is 12.3. The van der Waals surface area contributed by atoms with Crippen molar-refractivity contribution >= 4 is 34.5 Å². The highest BCUT2D eigenvalue weighted by Gasteiger charge is 2.74. The van der Waals surface area contributed by atoms with Crippen LogP contribution in [-0.4, -0.2) is 52.7 Å². The number of carbonyl (C=O) groups is 1. The van der Waals surface area contributed by atoms with Gasteiger partial charge in [0.15, 0.2) is 0 Å². The van der Waals surface area contributed by atoms with E-state index in [1.807, 2.05) is 13.0 Å². The Hall–Kier alpha value is -3.05. The fourth-order valence-corrected chi connectivity index (χ4v) is 5.03. The third kappa shape index (κ3) is 5.51. The molecule has 39 heavy (non-hydrogen) atoms. The minimum absolute atomic E-state index is 0.0504. The summed E-state index contributed by atoms with van der Waals surface area (Å²) in [7, 11) is 0. The van der Waals surface area contributed by atoms with Gasteiger partial charge in [0.2, 0.25) is 5.91 Å². The van der Waals surface area contributed by atoms with Crippen LogP contribution >= 0.6 is 11.6 Å².